The summed E-state index contributed by atoms with van der Waals surface area (Å²) in [5, 5.41) is 0. The second kappa shape index (κ2) is 5.28. The summed E-state index contributed by atoms with van der Waals surface area (Å²) in [5.74, 6) is 3.51. The van der Waals surface area contributed by atoms with E-state index in [1.54, 1.807) is 7.11 Å². The molecule has 1 fully saturated rings. The number of hydrogen-bond acceptors (Lipinski definition) is 4. The fourth-order valence-electron chi connectivity index (χ4n) is 2.46. The Balaban J connectivity index is 2.05. The molecule has 0 aromatic carbocycles. The fraction of sp³-hybridized carbons (Fsp3) is 0.538. The minimum Gasteiger partial charge on any atom is -0.384 e. The van der Waals surface area contributed by atoms with Gasteiger partial charge in [0.2, 0.25) is 0 Å². The van der Waals surface area contributed by atoms with Crippen LogP contribution in [-0.4, -0.2) is 39.8 Å². The molecule has 1 aliphatic rings. The van der Waals surface area contributed by atoms with Crippen molar-refractivity contribution < 1.29 is 4.74 Å². The van der Waals surface area contributed by atoms with Gasteiger partial charge in [-0.2, -0.15) is 11.8 Å². The van der Waals surface area contributed by atoms with Gasteiger partial charge in [-0.15, -0.1) is 0 Å². The molecule has 0 N–H and O–H groups in total. The van der Waals surface area contributed by atoms with Crippen molar-refractivity contribution in [2.24, 2.45) is 0 Å². The van der Waals surface area contributed by atoms with Crippen LogP contribution in [0, 0.1) is 0 Å². The molecular weight excluding hydrogens is 246 g/mol. The van der Waals surface area contributed by atoms with Crippen molar-refractivity contribution in [3.63, 3.8) is 0 Å². The summed E-state index contributed by atoms with van der Waals surface area (Å²) in [6, 6.07) is 4.53. The van der Waals surface area contributed by atoms with Crippen LogP contribution in [0.4, 0.5) is 0 Å². The topological polar surface area (TPSA) is 39.9 Å². The van der Waals surface area contributed by atoms with Crippen LogP contribution in [0.15, 0.2) is 18.3 Å². The van der Waals surface area contributed by atoms with Gasteiger partial charge in [-0.1, -0.05) is 0 Å². The van der Waals surface area contributed by atoms with Gasteiger partial charge in [0.25, 0.3) is 0 Å². The Kier molecular flexibility index (Phi) is 3.52. The van der Waals surface area contributed by atoms with Crippen LogP contribution in [-0.2, 0) is 11.2 Å². The minimum absolute atomic E-state index is 0.543. The normalized spacial score (nSPS) is 19.7. The lowest BCUT2D eigenvalue weighted by Gasteiger charge is -2.14. The van der Waals surface area contributed by atoms with Gasteiger partial charge in [0.05, 0.1) is 6.61 Å². The van der Waals surface area contributed by atoms with Gasteiger partial charge in [-0.3, -0.25) is 0 Å². The molecule has 0 radical (unpaired) electrons. The van der Waals surface area contributed by atoms with Gasteiger partial charge >= 0.3 is 0 Å². The average Bonchev–Trinajstić information content (AvgIpc) is 3.02. The summed E-state index contributed by atoms with van der Waals surface area (Å²) in [6.07, 6.45) is 3.92. The van der Waals surface area contributed by atoms with Crippen molar-refractivity contribution in [2.45, 2.75) is 18.9 Å². The number of fused-ring (bicyclic) bond motifs is 1. The maximum Gasteiger partial charge on any atom is 0.160 e. The zero-order valence-corrected chi connectivity index (χ0v) is 11.3. The number of imidazole rings is 1. The van der Waals surface area contributed by atoms with E-state index in [0.717, 1.165) is 23.4 Å². The van der Waals surface area contributed by atoms with Crippen LogP contribution in [0.25, 0.3) is 11.2 Å². The molecule has 4 nitrogen and oxygen atoms in total. The second-order valence-electron chi connectivity index (χ2n) is 4.50. The van der Waals surface area contributed by atoms with Crippen molar-refractivity contribution in [3.05, 3.63) is 24.2 Å². The largest absolute Gasteiger partial charge is 0.384 e. The van der Waals surface area contributed by atoms with Crippen LogP contribution in [0.5, 0.6) is 0 Å². The highest BCUT2D eigenvalue weighted by Crippen LogP contribution is 2.31. The first-order chi connectivity index (χ1) is 8.90. The number of methoxy groups -OCH3 is 1. The summed E-state index contributed by atoms with van der Waals surface area (Å²) in [7, 11) is 1.73. The minimum atomic E-state index is 0.543. The smallest absolute Gasteiger partial charge is 0.160 e. The molecule has 3 rings (SSSR count). The first kappa shape index (κ1) is 12.0. The molecule has 3 heterocycles. The third-order valence-electron chi connectivity index (χ3n) is 3.32. The van der Waals surface area contributed by atoms with Crippen molar-refractivity contribution in [2.75, 3.05) is 25.2 Å². The van der Waals surface area contributed by atoms with E-state index >= 15 is 0 Å². The van der Waals surface area contributed by atoms with Crippen molar-refractivity contribution >= 4 is 22.9 Å². The highest BCUT2D eigenvalue weighted by molar-refractivity contribution is 7.99. The average molecular weight is 263 g/mol. The summed E-state index contributed by atoms with van der Waals surface area (Å²) < 4.78 is 7.51. The predicted molar refractivity (Wildman–Crippen MR) is 74.1 cm³/mol. The Hall–Kier alpha value is -1.07. The van der Waals surface area contributed by atoms with E-state index in [1.165, 1.54) is 17.9 Å². The quantitative estimate of drug-likeness (QED) is 0.848. The first-order valence-corrected chi connectivity index (χ1v) is 7.44. The van der Waals surface area contributed by atoms with Crippen LogP contribution in [0.2, 0.25) is 0 Å². The maximum absolute atomic E-state index is 5.18. The number of hydrogen-bond donors (Lipinski definition) is 0. The molecule has 2 aromatic rings. The van der Waals surface area contributed by atoms with Crippen LogP contribution >= 0.6 is 11.8 Å². The lowest BCUT2D eigenvalue weighted by molar-refractivity contribution is 0.199. The van der Waals surface area contributed by atoms with Gasteiger partial charge in [0.1, 0.15) is 11.3 Å². The number of pyridine rings is 1. The third kappa shape index (κ3) is 2.12. The molecule has 5 heteroatoms. The lowest BCUT2D eigenvalue weighted by atomic mass is 10.2. The van der Waals surface area contributed by atoms with Gasteiger partial charge in [-0.25, -0.2) is 9.97 Å². The molecule has 0 saturated carbocycles. The van der Waals surface area contributed by atoms with E-state index in [1.807, 2.05) is 30.1 Å². The van der Waals surface area contributed by atoms with Crippen molar-refractivity contribution in [3.8, 4) is 0 Å². The number of aromatic nitrogens is 3. The summed E-state index contributed by atoms with van der Waals surface area (Å²) in [4.78, 5) is 9.21. The van der Waals surface area contributed by atoms with E-state index in [-0.39, 0.29) is 0 Å². The fourth-order valence-corrected chi connectivity index (χ4v) is 3.65. The molecule has 1 atom stereocenters. The maximum atomic E-state index is 5.18. The molecule has 0 amide bonds. The molecule has 0 spiro atoms. The molecular formula is C13H17N3OS. The molecule has 1 saturated heterocycles. The van der Waals surface area contributed by atoms with E-state index in [0.29, 0.717) is 12.6 Å². The van der Waals surface area contributed by atoms with E-state index in [9.17, 15) is 0 Å². The Morgan fingerprint density at radius 1 is 1.56 bits per heavy atom. The Bertz CT molecular complexity index is 534. The van der Waals surface area contributed by atoms with E-state index in [2.05, 4.69) is 9.55 Å². The van der Waals surface area contributed by atoms with E-state index in [4.69, 9.17) is 9.72 Å². The summed E-state index contributed by atoms with van der Waals surface area (Å²) >= 11 is 2.01. The van der Waals surface area contributed by atoms with Gasteiger partial charge < -0.3 is 9.30 Å². The van der Waals surface area contributed by atoms with Gasteiger partial charge in [0, 0.05) is 31.5 Å². The molecule has 2 aromatic heterocycles. The standard InChI is InChI=1S/C13H17N3OS/c1-17-7-4-12-15-11-3-2-6-14-13(11)16(12)10-5-8-18-9-10/h2-3,6,10H,4-5,7-9H2,1H3. The van der Waals surface area contributed by atoms with Gasteiger partial charge in [0.15, 0.2) is 5.65 Å². The van der Waals surface area contributed by atoms with Crippen molar-refractivity contribution in [1.82, 2.24) is 14.5 Å². The first-order valence-electron chi connectivity index (χ1n) is 6.28. The van der Waals surface area contributed by atoms with Crippen LogP contribution in [0.3, 0.4) is 0 Å². The van der Waals surface area contributed by atoms with Crippen LogP contribution < -0.4 is 0 Å². The Labute approximate surface area is 111 Å². The molecule has 1 aliphatic heterocycles. The summed E-state index contributed by atoms with van der Waals surface area (Å²) in [5.41, 5.74) is 2.02. The summed E-state index contributed by atoms with van der Waals surface area (Å²) in [6.45, 7) is 0.711. The monoisotopic (exact) mass is 263 g/mol. The number of rotatable bonds is 4. The van der Waals surface area contributed by atoms with Crippen LogP contribution in [0.1, 0.15) is 18.3 Å². The molecule has 0 bridgehead atoms. The van der Waals surface area contributed by atoms with E-state index < -0.39 is 0 Å². The SMILES string of the molecule is COCCc1nc2cccnc2n1C1CCSC1. The third-order valence-corrected chi connectivity index (χ3v) is 4.47. The van der Waals surface area contributed by atoms with Crippen molar-refractivity contribution in [1.29, 1.82) is 0 Å². The lowest BCUT2D eigenvalue weighted by Crippen LogP contribution is -2.13. The highest BCUT2D eigenvalue weighted by atomic mass is 32.2. The highest BCUT2D eigenvalue weighted by Gasteiger charge is 2.23. The molecule has 18 heavy (non-hydrogen) atoms. The Morgan fingerprint density at radius 2 is 2.50 bits per heavy atom. The predicted octanol–water partition coefficient (Wildman–Crippen LogP) is 2.30. The number of nitrogens with zero attached hydrogens (tertiary/aromatic N) is 3. The Morgan fingerprint density at radius 3 is 3.28 bits per heavy atom. The number of ether oxygens (including phenoxy) is 1. The second-order valence-corrected chi connectivity index (χ2v) is 5.65. The zero-order chi connectivity index (χ0) is 12.4. The molecule has 1 unspecified atom stereocenters. The number of thioether (sulfide) groups is 1. The molecule has 0 aliphatic carbocycles. The zero-order valence-electron chi connectivity index (χ0n) is 10.5. The van der Waals surface area contributed by atoms with Gasteiger partial charge in [-0.05, 0) is 24.3 Å². The molecule has 96 valence electrons.